The lowest BCUT2D eigenvalue weighted by Crippen LogP contribution is -1.72. The van der Waals surface area contributed by atoms with Gasteiger partial charge in [0.05, 0.1) is 12.2 Å². The van der Waals surface area contributed by atoms with E-state index in [1.54, 1.807) is 0 Å². The molecule has 1 aliphatic carbocycles. The first-order chi connectivity index (χ1) is 3.39. The van der Waals surface area contributed by atoms with Crippen molar-refractivity contribution in [3.63, 3.8) is 0 Å². The van der Waals surface area contributed by atoms with E-state index in [9.17, 15) is 0 Å². The minimum absolute atomic E-state index is 0.853. The van der Waals surface area contributed by atoms with E-state index in [1.165, 1.54) is 0 Å². The van der Waals surface area contributed by atoms with Gasteiger partial charge in [0, 0.05) is 13.0 Å². The molecule has 34 valence electrons. The van der Waals surface area contributed by atoms with Crippen LogP contribution in [0.5, 0.6) is 0 Å². The SMILES string of the molecule is [CH+]=C1C=CCC=C1. The maximum atomic E-state index is 5.38. The summed E-state index contributed by atoms with van der Waals surface area (Å²) in [5.74, 6) is 0. The molecule has 0 unspecified atom stereocenters. The fourth-order valence-corrected chi connectivity index (χ4v) is 0.542. The van der Waals surface area contributed by atoms with Crippen LogP contribution in [-0.4, -0.2) is 0 Å². The molecule has 0 heteroatoms. The first-order valence-electron chi connectivity index (χ1n) is 2.35. The molecule has 1 aliphatic rings. The van der Waals surface area contributed by atoms with Gasteiger partial charge >= 0.3 is 0 Å². The van der Waals surface area contributed by atoms with Gasteiger partial charge in [0.15, 0.2) is 5.57 Å². The van der Waals surface area contributed by atoms with Crippen LogP contribution < -0.4 is 0 Å². The Morgan fingerprint density at radius 3 is 2.14 bits per heavy atom. The highest BCUT2D eigenvalue weighted by Crippen LogP contribution is 2.03. The van der Waals surface area contributed by atoms with Gasteiger partial charge in [-0.1, -0.05) is 0 Å². The minimum atomic E-state index is 0.853. The van der Waals surface area contributed by atoms with Crippen LogP contribution in [0.15, 0.2) is 29.9 Å². The summed E-state index contributed by atoms with van der Waals surface area (Å²) in [6.45, 7) is 5.38. The van der Waals surface area contributed by atoms with Crippen molar-refractivity contribution in [1.29, 1.82) is 0 Å². The molecule has 1 rings (SSSR count). The van der Waals surface area contributed by atoms with Gasteiger partial charge < -0.3 is 0 Å². The van der Waals surface area contributed by atoms with Gasteiger partial charge in [-0.2, -0.15) is 0 Å². The molecule has 0 saturated carbocycles. The van der Waals surface area contributed by atoms with Crippen molar-refractivity contribution < 1.29 is 0 Å². The molecule has 0 spiro atoms. The topological polar surface area (TPSA) is 0 Å². The number of allylic oxidation sites excluding steroid dienone is 5. The van der Waals surface area contributed by atoms with E-state index in [-0.39, 0.29) is 0 Å². The van der Waals surface area contributed by atoms with Gasteiger partial charge in [-0.3, -0.25) is 0 Å². The minimum Gasteiger partial charge on any atom is -0.0217 e. The van der Waals surface area contributed by atoms with Gasteiger partial charge in [-0.25, -0.2) is 0 Å². The van der Waals surface area contributed by atoms with E-state index >= 15 is 0 Å². The van der Waals surface area contributed by atoms with E-state index in [2.05, 4.69) is 0 Å². The molecule has 0 aromatic heterocycles. The zero-order chi connectivity index (χ0) is 5.11. The van der Waals surface area contributed by atoms with Gasteiger partial charge in [-0.15, -0.1) is 0 Å². The highest BCUT2D eigenvalue weighted by molar-refractivity contribution is 5.29. The normalized spacial score (nSPS) is 17.9. The first-order valence-corrected chi connectivity index (χ1v) is 2.35. The van der Waals surface area contributed by atoms with Crippen molar-refractivity contribution in [2.75, 3.05) is 0 Å². The van der Waals surface area contributed by atoms with E-state index in [0.717, 1.165) is 12.0 Å². The Morgan fingerprint density at radius 2 is 1.86 bits per heavy atom. The molecule has 0 bridgehead atoms. The molecule has 0 heterocycles. The summed E-state index contributed by atoms with van der Waals surface area (Å²) in [6.07, 6.45) is 8.94. The smallest absolute Gasteiger partial charge is 0.0217 e. The maximum absolute atomic E-state index is 5.38. The van der Waals surface area contributed by atoms with Gasteiger partial charge in [-0.05, 0) is 12.2 Å². The predicted octanol–water partition coefficient (Wildman–Crippen LogP) is 1.86. The van der Waals surface area contributed by atoms with Crippen molar-refractivity contribution in [2.45, 2.75) is 6.42 Å². The highest BCUT2D eigenvalue weighted by atomic mass is 13.9. The Hall–Kier alpha value is -0.870. The molecule has 0 nitrogen and oxygen atoms in total. The van der Waals surface area contributed by atoms with E-state index < -0.39 is 0 Å². The van der Waals surface area contributed by atoms with Crippen LogP contribution in [0, 0.1) is 6.58 Å². The van der Waals surface area contributed by atoms with E-state index in [1.807, 2.05) is 24.3 Å². The molecule has 0 amide bonds. The quantitative estimate of drug-likeness (QED) is 0.399. The molecular weight excluding hydrogens is 84.1 g/mol. The number of hydrogen-bond donors (Lipinski definition) is 0. The lowest BCUT2D eigenvalue weighted by atomic mass is 10.1. The predicted molar refractivity (Wildman–Crippen MR) is 30.7 cm³/mol. The van der Waals surface area contributed by atoms with Gasteiger partial charge in [0.1, 0.15) is 0 Å². The molecule has 0 atom stereocenters. The van der Waals surface area contributed by atoms with Crippen molar-refractivity contribution in [3.8, 4) is 0 Å². The summed E-state index contributed by atoms with van der Waals surface area (Å²) in [4.78, 5) is 0. The Balaban J connectivity index is 2.66. The van der Waals surface area contributed by atoms with Crippen LogP contribution in [0.2, 0.25) is 0 Å². The maximum Gasteiger partial charge on any atom is 0.179 e. The lowest BCUT2D eigenvalue weighted by Gasteiger charge is -1.82. The molecular formula is C7H7+. The summed E-state index contributed by atoms with van der Waals surface area (Å²) in [6, 6.07) is 0. The summed E-state index contributed by atoms with van der Waals surface area (Å²) in [5.41, 5.74) is 0.853. The van der Waals surface area contributed by atoms with Crippen LogP contribution in [0.1, 0.15) is 6.42 Å². The number of hydrogen-bond acceptors (Lipinski definition) is 0. The van der Waals surface area contributed by atoms with Crippen molar-refractivity contribution in [2.24, 2.45) is 0 Å². The van der Waals surface area contributed by atoms with Crippen LogP contribution >= 0.6 is 0 Å². The van der Waals surface area contributed by atoms with E-state index in [4.69, 9.17) is 6.58 Å². The average molecular weight is 91.1 g/mol. The zero-order valence-electron chi connectivity index (χ0n) is 4.09. The summed E-state index contributed by atoms with van der Waals surface area (Å²) in [7, 11) is 0. The average Bonchev–Trinajstić information content (AvgIpc) is 1.69. The fraction of sp³-hybridized carbons (Fsp3) is 0.143. The zero-order valence-corrected chi connectivity index (χ0v) is 4.09. The van der Waals surface area contributed by atoms with Gasteiger partial charge in [0.25, 0.3) is 0 Å². The Morgan fingerprint density at radius 1 is 1.29 bits per heavy atom. The van der Waals surface area contributed by atoms with Crippen molar-refractivity contribution in [3.05, 3.63) is 36.5 Å². The largest absolute Gasteiger partial charge is 0.179 e. The van der Waals surface area contributed by atoms with Crippen LogP contribution in [0.3, 0.4) is 0 Å². The van der Waals surface area contributed by atoms with Crippen molar-refractivity contribution in [1.82, 2.24) is 0 Å². The fourth-order valence-electron chi connectivity index (χ4n) is 0.542. The molecule has 0 saturated heterocycles. The first kappa shape index (κ1) is 4.29. The van der Waals surface area contributed by atoms with Gasteiger partial charge in [0.2, 0.25) is 0 Å². The summed E-state index contributed by atoms with van der Waals surface area (Å²) >= 11 is 0. The third kappa shape index (κ3) is 0.989. The lowest BCUT2D eigenvalue weighted by molar-refractivity contribution is 1.34. The highest BCUT2D eigenvalue weighted by Gasteiger charge is 1.94. The van der Waals surface area contributed by atoms with Crippen LogP contribution in [-0.2, 0) is 0 Å². The van der Waals surface area contributed by atoms with Crippen LogP contribution in [0.25, 0.3) is 0 Å². The standard InChI is InChI=1S/C7H7/c1-7-5-3-2-4-6-7/h1,3-6H,2H2/q+1. The molecule has 0 N–H and O–H groups in total. The molecule has 7 heavy (non-hydrogen) atoms. The monoisotopic (exact) mass is 91.1 g/mol. The number of rotatable bonds is 0. The molecule has 0 radical (unpaired) electrons. The summed E-state index contributed by atoms with van der Waals surface area (Å²) < 4.78 is 0. The molecule has 0 aromatic carbocycles. The Labute approximate surface area is 43.9 Å². The third-order valence-electron chi connectivity index (χ3n) is 0.893. The second kappa shape index (κ2) is 1.72. The Bertz CT molecular complexity index is 113. The molecule has 0 fully saturated rings. The van der Waals surface area contributed by atoms with Crippen molar-refractivity contribution >= 4 is 0 Å². The Kier molecular flexibility index (Phi) is 1.06. The molecule has 0 aromatic rings. The second-order valence-electron chi connectivity index (χ2n) is 1.54. The second-order valence-corrected chi connectivity index (χ2v) is 1.54. The molecule has 0 aliphatic heterocycles. The third-order valence-corrected chi connectivity index (χ3v) is 0.893. The van der Waals surface area contributed by atoms with Crippen LogP contribution in [0.4, 0.5) is 0 Å². The van der Waals surface area contributed by atoms with E-state index in [0.29, 0.717) is 0 Å². The summed E-state index contributed by atoms with van der Waals surface area (Å²) in [5, 5.41) is 0.